The smallest absolute Gasteiger partial charge is 0.238 e. The van der Waals surface area contributed by atoms with Crippen LogP contribution >= 0.6 is 0 Å². The maximum absolute atomic E-state index is 6.67. The van der Waals surface area contributed by atoms with E-state index in [1.54, 1.807) is 0 Å². The van der Waals surface area contributed by atoms with Crippen LogP contribution in [0.3, 0.4) is 0 Å². The largest absolute Gasteiger partial charge is 0.454 e. The normalized spacial score (nSPS) is 11.9. The molecule has 0 aliphatic heterocycles. The zero-order chi connectivity index (χ0) is 40.0. The molecule has 13 rings (SSSR count). The van der Waals surface area contributed by atoms with E-state index in [1.165, 1.54) is 0 Å². The molecule has 8 nitrogen and oxygen atoms in total. The van der Waals surface area contributed by atoms with Crippen molar-refractivity contribution in [3.63, 3.8) is 0 Å². The Morgan fingerprint density at radius 2 is 0.918 bits per heavy atom. The molecule has 0 spiro atoms. The number of aromatic nitrogens is 7. The minimum absolute atomic E-state index is 0.503. The fourth-order valence-corrected chi connectivity index (χ4v) is 9.06. The molecule has 0 aliphatic carbocycles. The van der Waals surface area contributed by atoms with Gasteiger partial charge in [-0.2, -0.15) is 9.97 Å². The average Bonchev–Trinajstić information content (AvgIpc) is 3.99. The van der Waals surface area contributed by atoms with Gasteiger partial charge in [-0.1, -0.05) is 140 Å². The minimum Gasteiger partial charge on any atom is -0.454 e. The van der Waals surface area contributed by atoms with E-state index in [1.807, 2.05) is 78.9 Å². The molecule has 5 heterocycles. The lowest BCUT2D eigenvalue weighted by Gasteiger charge is -2.12. The Labute approximate surface area is 347 Å². The van der Waals surface area contributed by atoms with Gasteiger partial charge in [-0.3, -0.25) is 9.13 Å². The van der Waals surface area contributed by atoms with Crippen molar-refractivity contribution >= 4 is 76.5 Å². The number of nitrogens with zero attached hydrogens (tertiary/aromatic N) is 7. The van der Waals surface area contributed by atoms with Gasteiger partial charge in [-0.15, -0.1) is 0 Å². The second-order valence-electron chi connectivity index (χ2n) is 15.3. The first kappa shape index (κ1) is 33.5. The van der Waals surface area contributed by atoms with Gasteiger partial charge < -0.3 is 4.42 Å². The van der Waals surface area contributed by atoms with Crippen LogP contribution < -0.4 is 0 Å². The maximum Gasteiger partial charge on any atom is 0.238 e. The molecule has 284 valence electrons. The molecule has 5 aromatic heterocycles. The van der Waals surface area contributed by atoms with Gasteiger partial charge in [0.2, 0.25) is 11.9 Å². The second kappa shape index (κ2) is 13.0. The van der Waals surface area contributed by atoms with Crippen LogP contribution in [0.25, 0.3) is 122 Å². The number of furan rings is 1. The van der Waals surface area contributed by atoms with Gasteiger partial charge in [0.05, 0.1) is 27.8 Å². The number of fused-ring (bicyclic) bond motifs is 11. The van der Waals surface area contributed by atoms with Crippen LogP contribution in [0.15, 0.2) is 192 Å². The number of hydrogen-bond donors (Lipinski definition) is 0. The Kier molecular flexibility index (Phi) is 7.14. The zero-order valence-electron chi connectivity index (χ0n) is 32.4. The summed E-state index contributed by atoms with van der Waals surface area (Å²) in [5, 5.41) is 7.37. The summed E-state index contributed by atoms with van der Waals surface area (Å²) in [7, 11) is 0. The third kappa shape index (κ3) is 5.09. The van der Waals surface area contributed by atoms with E-state index in [0.29, 0.717) is 23.5 Å². The summed E-state index contributed by atoms with van der Waals surface area (Å²) < 4.78 is 11.0. The van der Waals surface area contributed by atoms with E-state index in [2.05, 4.69) is 118 Å². The number of benzene rings is 8. The molecular formula is C53H31N7O. The standard InChI is InChI=1S/C53H31N7O/c1-3-15-32(16-4-1)47-40-22-7-11-23-42(40)54-52(55-47)59-43-24-12-9-20-36(43)41-31-34(27-30-45(41)59)51-56-50(33-17-5-2-6-18-33)57-53(58-51)60-44-25-13-8-19-35(44)38-28-29-39-37-21-10-14-26-46(37)61-49(39)48(38)60/h1-31H. The molecular weight excluding hydrogens is 751 g/mol. The fourth-order valence-electron chi connectivity index (χ4n) is 9.06. The Morgan fingerprint density at radius 3 is 1.70 bits per heavy atom. The summed E-state index contributed by atoms with van der Waals surface area (Å²) in [4.78, 5) is 26.2. The molecule has 0 amide bonds. The lowest BCUT2D eigenvalue weighted by Crippen LogP contribution is -2.06. The molecule has 0 saturated heterocycles. The molecule has 0 atom stereocenters. The highest BCUT2D eigenvalue weighted by Crippen LogP contribution is 2.41. The van der Waals surface area contributed by atoms with E-state index in [0.717, 1.165) is 98.8 Å². The number of para-hydroxylation sites is 4. The van der Waals surface area contributed by atoms with Gasteiger partial charge in [-0.05, 0) is 48.5 Å². The number of rotatable bonds is 5. The van der Waals surface area contributed by atoms with E-state index in [4.69, 9.17) is 29.3 Å². The van der Waals surface area contributed by atoms with Gasteiger partial charge >= 0.3 is 0 Å². The van der Waals surface area contributed by atoms with Gasteiger partial charge in [0.1, 0.15) is 11.1 Å². The van der Waals surface area contributed by atoms with Crippen molar-refractivity contribution in [3.8, 4) is 45.9 Å². The predicted octanol–water partition coefficient (Wildman–Crippen LogP) is 12.9. The molecule has 0 bridgehead atoms. The van der Waals surface area contributed by atoms with Gasteiger partial charge in [0.25, 0.3) is 0 Å². The Hall–Kier alpha value is -8.49. The monoisotopic (exact) mass is 781 g/mol. The molecule has 0 aliphatic rings. The summed E-state index contributed by atoms with van der Waals surface area (Å²) in [6.45, 7) is 0. The third-order valence-electron chi connectivity index (χ3n) is 11.8. The van der Waals surface area contributed by atoms with Crippen LogP contribution in [-0.4, -0.2) is 34.1 Å². The molecule has 0 N–H and O–H groups in total. The van der Waals surface area contributed by atoms with Gasteiger partial charge in [0.15, 0.2) is 17.2 Å². The van der Waals surface area contributed by atoms with Crippen molar-refractivity contribution in [1.29, 1.82) is 0 Å². The zero-order valence-corrected chi connectivity index (χ0v) is 32.4. The highest BCUT2D eigenvalue weighted by atomic mass is 16.3. The molecule has 13 aromatic rings. The summed E-state index contributed by atoms with van der Waals surface area (Å²) in [6, 6.07) is 64.4. The van der Waals surface area contributed by atoms with Crippen LogP contribution in [0.5, 0.6) is 0 Å². The first-order valence-corrected chi connectivity index (χ1v) is 20.3. The van der Waals surface area contributed by atoms with Crippen molar-refractivity contribution in [2.24, 2.45) is 0 Å². The molecule has 8 heteroatoms. The topological polar surface area (TPSA) is 87.5 Å². The highest BCUT2D eigenvalue weighted by Gasteiger charge is 2.23. The summed E-state index contributed by atoms with van der Waals surface area (Å²) in [6.07, 6.45) is 0. The third-order valence-corrected chi connectivity index (χ3v) is 11.8. The van der Waals surface area contributed by atoms with E-state index in [-0.39, 0.29) is 0 Å². The molecule has 0 radical (unpaired) electrons. The highest BCUT2D eigenvalue weighted by molar-refractivity contribution is 6.21. The lowest BCUT2D eigenvalue weighted by atomic mass is 10.1. The van der Waals surface area contributed by atoms with Crippen LogP contribution in [-0.2, 0) is 0 Å². The van der Waals surface area contributed by atoms with Crippen LogP contribution in [0.2, 0.25) is 0 Å². The maximum atomic E-state index is 6.67. The van der Waals surface area contributed by atoms with E-state index >= 15 is 0 Å². The van der Waals surface area contributed by atoms with E-state index < -0.39 is 0 Å². The second-order valence-corrected chi connectivity index (χ2v) is 15.3. The summed E-state index contributed by atoms with van der Waals surface area (Å²) in [5.41, 5.74) is 10.0. The SMILES string of the molecule is c1ccc(-c2nc(-c3ccc4c(c3)c3ccccc3n4-c3nc(-c4ccccc4)c4ccccc4n3)nc(-n3c4ccccc4c4ccc5c6ccccc6oc5c43)n2)cc1. The molecule has 0 unspecified atom stereocenters. The molecule has 61 heavy (non-hydrogen) atoms. The molecule has 0 saturated carbocycles. The minimum atomic E-state index is 0.503. The van der Waals surface area contributed by atoms with Crippen molar-refractivity contribution in [3.05, 3.63) is 188 Å². The van der Waals surface area contributed by atoms with Crippen molar-refractivity contribution in [1.82, 2.24) is 34.1 Å². The lowest BCUT2D eigenvalue weighted by molar-refractivity contribution is 0.670. The van der Waals surface area contributed by atoms with Crippen molar-refractivity contribution in [2.45, 2.75) is 0 Å². The quantitative estimate of drug-likeness (QED) is 0.173. The Bertz CT molecular complexity index is 3890. The molecule has 8 aromatic carbocycles. The van der Waals surface area contributed by atoms with Crippen molar-refractivity contribution < 1.29 is 4.42 Å². The fraction of sp³-hybridized carbons (Fsp3) is 0. The molecule has 0 fully saturated rings. The predicted molar refractivity (Wildman–Crippen MR) is 245 cm³/mol. The van der Waals surface area contributed by atoms with Gasteiger partial charge in [0, 0.05) is 54.4 Å². The van der Waals surface area contributed by atoms with Gasteiger partial charge in [-0.25, -0.2) is 15.0 Å². The number of hydrogen-bond acceptors (Lipinski definition) is 6. The summed E-state index contributed by atoms with van der Waals surface area (Å²) >= 11 is 0. The van der Waals surface area contributed by atoms with Crippen LogP contribution in [0.1, 0.15) is 0 Å². The van der Waals surface area contributed by atoms with Crippen molar-refractivity contribution in [2.75, 3.05) is 0 Å². The van der Waals surface area contributed by atoms with Crippen LogP contribution in [0, 0.1) is 0 Å². The first-order chi connectivity index (χ1) is 30.2. The van der Waals surface area contributed by atoms with Crippen LogP contribution in [0.4, 0.5) is 0 Å². The van der Waals surface area contributed by atoms with E-state index in [9.17, 15) is 0 Å². The Balaban J connectivity index is 1.06. The summed E-state index contributed by atoms with van der Waals surface area (Å²) in [5.74, 6) is 2.24. The first-order valence-electron chi connectivity index (χ1n) is 20.3. The average molecular weight is 782 g/mol. The Morgan fingerprint density at radius 1 is 0.344 bits per heavy atom.